The highest BCUT2D eigenvalue weighted by Gasteiger charge is 2.19. The fraction of sp³-hybridized carbons (Fsp3) is 0.176. The van der Waals surface area contributed by atoms with E-state index >= 15 is 0 Å². The Bertz CT molecular complexity index is 940. The van der Waals surface area contributed by atoms with E-state index < -0.39 is 11.0 Å². The molecule has 0 unspecified atom stereocenters. The smallest absolute Gasteiger partial charge is 0.311 e. The topological polar surface area (TPSA) is 129 Å². The first-order valence-corrected chi connectivity index (χ1v) is 7.68. The van der Waals surface area contributed by atoms with Crippen molar-refractivity contribution in [3.05, 3.63) is 64.0 Å². The molecule has 9 nitrogen and oxygen atoms in total. The molecule has 1 aromatic heterocycles. The summed E-state index contributed by atoms with van der Waals surface area (Å²) in [5.74, 6) is 1.60. The van der Waals surface area contributed by atoms with Gasteiger partial charge in [-0.3, -0.25) is 15.2 Å². The number of nitro benzene ring substituents is 1. The van der Waals surface area contributed by atoms with Crippen LogP contribution in [-0.4, -0.2) is 34.3 Å². The number of hydrogen-bond donors (Lipinski definition) is 2. The van der Waals surface area contributed by atoms with Gasteiger partial charge < -0.3 is 15.2 Å². The van der Waals surface area contributed by atoms with Gasteiger partial charge in [0.2, 0.25) is 0 Å². The van der Waals surface area contributed by atoms with Crippen molar-refractivity contribution in [2.45, 2.75) is 6.04 Å². The highest BCUT2D eigenvalue weighted by molar-refractivity contribution is 5.63. The molecule has 26 heavy (non-hydrogen) atoms. The maximum absolute atomic E-state index is 11.2. The van der Waals surface area contributed by atoms with Crippen molar-refractivity contribution < 1.29 is 14.4 Å². The Morgan fingerprint density at radius 2 is 2.00 bits per heavy atom. The van der Waals surface area contributed by atoms with Gasteiger partial charge in [0, 0.05) is 11.6 Å². The number of H-pyrrole nitrogens is 1. The Morgan fingerprint density at radius 3 is 2.69 bits per heavy atom. The molecule has 0 saturated heterocycles. The van der Waals surface area contributed by atoms with Crippen LogP contribution in [0.1, 0.15) is 17.4 Å². The van der Waals surface area contributed by atoms with Gasteiger partial charge in [-0.25, -0.2) is 4.98 Å². The number of benzene rings is 2. The molecule has 3 N–H and O–H groups in total. The third kappa shape index (κ3) is 3.33. The van der Waals surface area contributed by atoms with E-state index in [1.165, 1.54) is 19.2 Å². The lowest BCUT2D eigenvalue weighted by atomic mass is 10.1. The van der Waals surface area contributed by atoms with Crippen LogP contribution in [0.3, 0.4) is 0 Å². The first-order chi connectivity index (χ1) is 12.5. The van der Waals surface area contributed by atoms with Gasteiger partial charge in [0.15, 0.2) is 11.6 Å². The summed E-state index contributed by atoms with van der Waals surface area (Å²) < 4.78 is 10.2. The summed E-state index contributed by atoms with van der Waals surface area (Å²) in [5, 5.41) is 18.1. The van der Waals surface area contributed by atoms with Crippen LogP contribution < -0.4 is 15.2 Å². The van der Waals surface area contributed by atoms with Crippen molar-refractivity contribution in [3.63, 3.8) is 0 Å². The standard InChI is InChI=1S/C17H17N5O4/c1-25-12-5-3-4-10(8-12)15(18)17-19-16(20-21-17)11-6-7-14(26-2)13(9-11)22(23)24/h3-9,15H,18H2,1-2H3,(H,19,20,21)/t15-/m0/s1. The lowest BCUT2D eigenvalue weighted by Crippen LogP contribution is -2.13. The van der Waals surface area contributed by atoms with Gasteiger partial charge in [-0.05, 0) is 29.8 Å². The van der Waals surface area contributed by atoms with E-state index in [0.29, 0.717) is 23.0 Å². The number of nitrogens with two attached hydrogens (primary N) is 1. The van der Waals surface area contributed by atoms with Gasteiger partial charge in [0.25, 0.3) is 0 Å². The van der Waals surface area contributed by atoms with Crippen LogP contribution in [0, 0.1) is 10.1 Å². The van der Waals surface area contributed by atoms with Gasteiger partial charge in [-0.2, -0.15) is 5.10 Å². The van der Waals surface area contributed by atoms with E-state index in [1.807, 2.05) is 24.3 Å². The van der Waals surface area contributed by atoms with E-state index in [4.69, 9.17) is 15.2 Å². The minimum atomic E-state index is -0.542. The van der Waals surface area contributed by atoms with E-state index in [2.05, 4.69) is 15.2 Å². The Labute approximate surface area is 148 Å². The number of rotatable bonds is 6. The third-order valence-corrected chi connectivity index (χ3v) is 3.88. The fourth-order valence-electron chi connectivity index (χ4n) is 2.51. The summed E-state index contributed by atoms with van der Waals surface area (Å²) in [7, 11) is 2.95. The summed E-state index contributed by atoms with van der Waals surface area (Å²) in [6.45, 7) is 0. The largest absolute Gasteiger partial charge is 0.497 e. The van der Waals surface area contributed by atoms with Crippen molar-refractivity contribution in [1.29, 1.82) is 0 Å². The zero-order chi connectivity index (χ0) is 18.7. The Morgan fingerprint density at radius 1 is 1.19 bits per heavy atom. The van der Waals surface area contributed by atoms with E-state index in [0.717, 1.165) is 5.56 Å². The molecule has 3 aromatic rings. The number of aromatic nitrogens is 3. The van der Waals surface area contributed by atoms with Crippen molar-refractivity contribution in [2.75, 3.05) is 14.2 Å². The second kappa shape index (κ2) is 7.19. The van der Waals surface area contributed by atoms with Crippen molar-refractivity contribution in [3.8, 4) is 22.9 Å². The molecule has 0 radical (unpaired) electrons. The second-order valence-corrected chi connectivity index (χ2v) is 5.44. The molecule has 0 amide bonds. The Balaban J connectivity index is 1.92. The van der Waals surface area contributed by atoms with Crippen LogP contribution in [0.4, 0.5) is 5.69 Å². The van der Waals surface area contributed by atoms with Gasteiger partial charge in [-0.1, -0.05) is 12.1 Å². The summed E-state index contributed by atoms with van der Waals surface area (Å²) in [5.41, 5.74) is 7.36. The average Bonchev–Trinajstić information content (AvgIpc) is 3.17. The van der Waals surface area contributed by atoms with E-state index in [1.54, 1.807) is 13.2 Å². The number of nitrogens with one attached hydrogen (secondary N) is 1. The van der Waals surface area contributed by atoms with Gasteiger partial charge in [0.05, 0.1) is 25.2 Å². The minimum absolute atomic E-state index is 0.159. The number of aromatic amines is 1. The molecule has 0 bridgehead atoms. The van der Waals surface area contributed by atoms with Crippen LogP contribution in [-0.2, 0) is 0 Å². The summed E-state index contributed by atoms with van der Waals surface area (Å²) in [6, 6.07) is 11.3. The van der Waals surface area contributed by atoms with Crippen LogP contribution in [0.25, 0.3) is 11.4 Å². The van der Waals surface area contributed by atoms with Gasteiger partial charge in [0.1, 0.15) is 11.6 Å². The second-order valence-electron chi connectivity index (χ2n) is 5.44. The Kier molecular flexibility index (Phi) is 4.81. The molecule has 0 aliphatic carbocycles. The van der Waals surface area contributed by atoms with Crippen LogP contribution >= 0.6 is 0 Å². The van der Waals surface area contributed by atoms with Crippen molar-refractivity contribution in [1.82, 2.24) is 15.2 Å². The van der Waals surface area contributed by atoms with Crippen LogP contribution in [0.15, 0.2) is 42.5 Å². The normalized spacial score (nSPS) is 11.8. The number of nitro groups is 1. The van der Waals surface area contributed by atoms with Gasteiger partial charge in [-0.15, -0.1) is 0 Å². The molecule has 0 aliphatic heterocycles. The molecule has 1 atom stereocenters. The molecule has 0 spiro atoms. The highest BCUT2D eigenvalue weighted by Crippen LogP contribution is 2.31. The first-order valence-electron chi connectivity index (χ1n) is 7.68. The lowest BCUT2D eigenvalue weighted by molar-refractivity contribution is -0.385. The lowest BCUT2D eigenvalue weighted by Gasteiger charge is -2.09. The predicted molar refractivity (Wildman–Crippen MR) is 94.0 cm³/mol. The zero-order valence-electron chi connectivity index (χ0n) is 14.2. The van der Waals surface area contributed by atoms with Crippen LogP contribution in [0.2, 0.25) is 0 Å². The molecular weight excluding hydrogens is 338 g/mol. The SMILES string of the molecule is COc1cccc([C@H](N)c2nc(-c3ccc(OC)c([N+](=O)[O-])c3)n[nH]2)c1. The maximum atomic E-state index is 11.2. The third-order valence-electron chi connectivity index (χ3n) is 3.88. The molecule has 3 rings (SSSR count). The number of hydrogen-bond acceptors (Lipinski definition) is 7. The summed E-state index contributed by atoms with van der Waals surface area (Å²) in [6.07, 6.45) is 0. The van der Waals surface area contributed by atoms with Crippen LogP contribution in [0.5, 0.6) is 11.5 Å². The van der Waals surface area contributed by atoms with Crippen molar-refractivity contribution in [2.24, 2.45) is 5.73 Å². The molecule has 0 fully saturated rings. The molecule has 2 aromatic carbocycles. The summed E-state index contributed by atoms with van der Waals surface area (Å²) in [4.78, 5) is 15.0. The molecule has 0 saturated carbocycles. The Hall–Kier alpha value is -3.46. The predicted octanol–water partition coefficient (Wildman–Crippen LogP) is 2.45. The fourth-order valence-corrected chi connectivity index (χ4v) is 2.51. The molecule has 134 valence electrons. The van der Waals surface area contributed by atoms with E-state index in [9.17, 15) is 10.1 Å². The van der Waals surface area contributed by atoms with Gasteiger partial charge >= 0.3 is 5.69 Å². The quantitative estimate of drug-likeness (QED) is 0.513. The molecule has 0 aliphatic rings. The average molecular weight is 355 g/mol. The monoisotopic (exact) mass is 355 g/mol. The maximum Gasteiger partial charge on any atom is 0.311 e. The molecule has 9 heteroatoms. The minimum Gasteiger partial charge on any atom is -0.497 e. The molecule has 1 heterocycles. The number of methoxy groups -OCH3 is 2. The number of ether oxygens (including phenoxy) is 2. The molecular formula is C17H17N5O4. The zero-order valence-corrected chi connectivity index (χ0v) is 14.2. The highest BCUT2D eigenvalue weighted by atomic mass is 16.6. The number of nitrogens with zero attached hydrogens (tertiary/aromatic N) is 3. The first kappa shape index (κ1) is 17.4. The summed E-state index contributed by atoms with van der Waals surface area (Å²) >= 11 is 0. The van der Waals surface area contributed by atoms with E-state index in [-0.39, 0.29) is 11.4 Å². The van der Waals surface area contributed by atoms with Crippen molar-refractivity contribution >= 4 is 5.69 Å².